The smallest absolute Gasteiger partial charge is 0.297 e. The number of hydrogen-bond donors (Lipinski definition) is 2. The molecule has 1 heterocycles. The molecule has 0 saturated carbocycles. The number of anilines is 1. The number of aromatic hydroxyl groups is 1. The molecule has 0 spiro atoms. The molecule has 0 radical (unpaired) electrons. The maximum Gasteiger partial charge on any atom is 0.297 e. The first-order valence-corrected chi connectivity index (χ1v) is 5.96. The van der Waals surface area contributed by atoms with Gasteiger partial charge in [0.15, 0.2) is 12.0 Å². The quantitative estimate of drug-likeness (QED) is 0.710. The Labute approximate surface area is 116 Å². The molecular weight excluding hydrogens is 266 g/mol. The van der Waals surface area contributed by atoms with Crippen molar-refractivity contribution >= 4 is 18.5 Å². The van der Waals surface area contributed by atoms with Crippen LogP contribution in [0.2, 0.25) is 0 Å². The van der Waals surface area contributed by atoms with Crippen molar-refractivity contribution in [2.45, 2.75) is 19.9 Å². The highest BCUT2D eigenvalue weighted by Gasteiger charge is 2.14. The van der Waals surface area contributed by atoms with Crippen molar-refractivity contribution in [3.05, 3.63) is 16.0 Å². The molecule has 0 aliphatic carbocycles. The molecule has 0 bridgehead atoms. The Bertz CT molecular complexity index is 497. The Morgan fingerprint density at radius 2 is 2.05 bits per heavy atom. The van der Waals surface area contributed by atoms with Crippen LogP contribution in [0.4, 0.5) is 5.95 Å². The van der Waals surface area contributed by atoms with Crippen LogP contribution in [0.1, 0.15) is 23.8 Å². The predicted octanol–water partition coefficient (Wildman–Crippen LogP) is 0.0448. The van der Waals surface area contributed by atoms with E-state index in [-0.39, 0.29) is 24.6 Å². The Morgan fingerprint density at radius 1 is 1.45 bits per heavy atom. The lowest BCUT2D eigenvalue weighted by Crippen LogP contribution is -2.25. The fraction of sp³-hybridized carbons (Fsp3) is 0.500. The van der Waals surface area contributed by atoms with E-state index >= 15 is 0 Å². The molecule has 0 saturated heterocycles. The molecule has 8 nitrogen and oxygen atoms in total. The zero-order valence-electron chi connectivity index (χ0n) is 11.8. The standard InChI is InChI=1S/C9H11N3O4.C3H8O/c1-10-9-11-6(5-14)7(15)8(16)12(9)3-2-4-13;1-3-4-2/h4-5,15H,2-3H2,1H3,(H,10,11);3H2,1-2H3. The van der Waals surface area contributed by atoms with Crippen LogP contribution in [0.15, 0.2) is 4.79 Å². The van der Waals surface area contributed by atoms with Crippen LogP contribution in [0.5, 0.6) is 5.75 Å². The van der Waals surface area contributed by atoms with Gasteiger partial charge in [0.05, 0.1) is 0 Å². The number of ether oxygens (including phenoxy) is 1. The van der Waals surface area contributed by atoms with E-state index in [0.717, 1.165) is 11.2 Å². The van der Waals surface area contributed by atoms with Crippen LogP contribution >= 0.6 is 0 Å². The normalized spacial score (nSPS) is 9.35. The molecule has 0 aliphatic rings. The van der Waals surface area contributed by atoms with Gasteiger partial charge in [-0.25, -0.2) is 4.98 Å². The number of rotatable bonds is 6. The van der Waals surface area contributed by atoms with Crippen molar-refractivity contribution in [2.75, 3.05) is 26.1 Å². The third-order valence-electron chi connectivity index (χ3n) is 2.27. The molecule has 8 heteroatoms. The molecule has 0 aromatic carbocycles. The van der Waals surface area contributed by atoms with Gasteiger partial charge in [-0.05, 0) is 6.92 Å². The second-order valence-electron chi connectivity index (χ2n) is 3.53. The van der Waals surface area contributed by atoms with Gasteiger partial charge in [-0.2, -0.15) is 0 Å². The molecule has 0 atom stereocenters. The first kappa shape index (κ1) is 17.8. The number of aldehydes is 2. The van der Waals surface area contributed by atoms with E-state index in [1.807, 2.05) is 6.92 Å². The van der Waals surface area contributed by atoms with Crippen molar-refractivity contribution < 1.29 is 19.4 Å². The van der Waals surface area contributed by atoms with Gasteiger partial charge in [-0.1, -0.05) is 0 Å². The van der Waals surface area contributed by atoms with Gasteiger partial charge in [0.2, 0.25) is 11.7 Å². The van der Waals surface area contributed by atoms with E-state index in [4.69, 9.17) is 0 Å². The molecule has 112 valence electrons. The summed E-state index contributed by atoms with van der Waals surface area (Å²) in [6, 6.07) is 0. The van der Waals surface area contributed by atoms with Crippen molar-refractivity contribution in [3.8, 4) is 5.75 Å². The van der Waals surface area contributed by atoms with Gasteiger partial charge >= 0.3 is 0 Å². The zero-order chi connectivity index (χ0) is 15.5. The monoisotopic (exact) mass is 285 g/mol. The SMILES string of the molecule is CCOC.CNc1nc(C=O)c(O)c(=O)n1CCC=O. The van der Waals surface area contributed by atoms with Gasteiger partial charge in [0, 0.05) is 33.7 Å². The van der Waals surface area contributed by atoms with Crippen LogP contribution in [0, 0.1) is 0 Å². The molecule has 20 heavy (non-hydrogen) atoms. The highest BCUT2D eigenvalue weighted by atomic mass is 16.5. The van der Waals surface area contributed by atoms with Crippen LogP contribution in [0.3, 0.4) is 0 Å². The summed E-state index contributed by atoms with van der Waals surface area (Å²) in [6.45, 7) is 2.87. The maximum atomic E-state index is 11.6. The maximum absolute atomic E-state index is 11.6. The molecule has 2 N–H and O–H groups in total. The largest absolute Gasteiger partial charge is 0.501 e. The highest BCUT2D eigenvalue weighted by Crippen LogP contribution is 2.10. The predicted molar refractivity (Wildman–Crippen MR) is 73.3 cm³/mol. The summed E-state index contributed by atoms with van der Waals surface area (Å²) in [7, 11) is 3.20. The number of carbonyl (C=O) groups excluding carboxylic acids is 2. The Morgan fingerprint density at radius 3 is 2.45 bits per heavy atom. The lowest BCUT2D eigenvalue weighted by atomic mass is 10.3. The van der Waals surface area contributed by atoms with Crippen molar-refractivity contribution in [1.82, 2.24) is 9.55 Å². The van der Waals surface area contributed by atoms with E-state index in [1.165, 1.54) is 7.05 Å². The number of nitrogens with zero attached hydrogens (tertiary/aromatic N) is 2. The van der Waals surface area contributed by atoms with Gasteiger partial charge in [-0.3, -0.25) is 14.2 Å². The minimum Gasteiger partial charge on any atom is -0.501 e. The lowest BCUT2D eigenvalue weighted by molar-refractivity contribution is -0.108. The van der Waals surface area contributed by atoms with E-state index in [9.17, 15) is 19.5 Å². The zero-order valence-corrected chi connectivity index (χ0v) is 11.8. The second-order valence-corrected chi connectivity index (χ2v) is 3.53. The average molecular weight is 285 g/mol. The second kappa shape index (κ2) is 9.68. The topological polar surface area (TPSA) is 111 Å². The van der Waals surface area contributed by atoms with Crippen LogP contribution in [-0.4, -0.2) is 48.0 Å². The van der Waals surface area contributed by atoms with E-state index in [1.54, 1.807) is 7.11 Å². The van der Waals surface area contributed by atoms with Gasteiger partial charge in [-0.15, -0.1) is 0 Å². The van der Waals surface area contributed by atoms with Crippen LogP contribution in [-0.2, 0) is 16.1 Å². The average Bonchev–Trinajstić information content (AvgIpc) is 2.49. The minimum atomic E-state index is -0.747. The van der Waals surface area contributed by atoms with Crippen LogP contribution in [0.25, 0.3) is 0 Å². The number of aromatic nitrogens is 2. The Kier molecular flexibility index (Phi) is 8.60. The van der Waals surface area contributed by atoms with Gasteiger partial charge < -0.3 is 20.0 Å². The molecule has 0 unspecified atom stereocenters. The number of carbonyl (C=O) groups is 2. The molecule has 0 aliphatic heterocycles. The van der Waals surface area contributed by atoms with Crippen molar-refractivity contribution in [2.24, 2.45) is 0 Å². The summed E-state index contributed by atoms with van der Waals surface area (Å²) in [4.78, 5) is 36.1. The van der Waals surface area contributed by atoms with E-state index in [2.05, 4.69) is 15.0 Å². The fourth-order valence-corrected chi connectivity index (χ4v) is 1.22. The van der Waals surface area contributed by atoms with Gasteiger partial charge in [0.1, 0.15) is 6.29 Å². The summed E-state index contributed by atoms with van der Waals surface area (Å²) in [5.74, 6) is -0.577. The fourth-order valence-electron chi connectivity index (χ4n) is 1.22. The van der Waals surface area contributed by atoms with Crippen molar-refractivity contribution in [3.63, 3.8) is 0 Å². The third kappa shape index (κ3) is 4.81. The van der Waals surface area contributed by atoms with E-state index in [0.29, 0.717) is 12.6 Å². The van der Waals surface area contributed by atoms with E-state index < -0.39 is 11.3 Å². The first-order chi connectivity index (χ1) is 9.56. The van der Waals surface area contributed by atoms with Gasteiger partial charge in [0.25, 0.3) is 5.56 Å². The van der Waals surface area contributed by atoms with Crippen LogP contribution < -0.4 is 10.9 Å². The first-order valence-electron chi connectivity index (χ1n) is 5.96. The summed E-state index contributed by atoms with van der Waals surface area (Å²) >= 11 is 0. The molecule has 1 rings (SSSR count). The molecule has 0 fully saturated rings. The summed E-state index contributed by atoms with van der Waals surface area (Å²) < 4.78 is 5.64. The number of nitrogens with one attached hydrogen (secondary N) is 1. The Balaban J connectivity index is 0.000000796. The van der Waals surface area contributed by atoms with Crippen molar-refractivity contribution in [1.29, 1.82) is 0 Å². The lowest BCUT2D eigenvalue weighted by Gasteiger charge is -2.10. The molecule has 1 aromatic heterocycles. The Hall–Kier alpha value is -2.22. The highest BCUT2D eigenvalue weighted by molar-refractivity contribution is 5.76. The molecule has 0 amide bonds. The number of methoxy groups -OCH3 is 1. The summed E-state index contributed by atoms with van der Waals surface area (Å²) in [5.41, 5.74) is -1.07. The minimum absolute atomic E-state index is 0.0954. The summed E-state index contributed by atoms with van der Waals surface area (Å²) in [5, 5.41) is 12.0. The molecular formula is C12H19N3O5. The molecule has 1 aromatic rings. The summed E-state index contributed by atoms with van der Waals surface area (Å²) in [6.07, 6.45) is 1.06. The third-order valence-corrected chi connectivity index (χ3v) is 2.27. The number of hydrogen-bond acceptors (Lipinski definition) is 7.